The number of nitrogens with zero attached hydrogens (tertiary/aromatic N) is 1. The first kappa shape index (κ1) is 18.5. The SMILES string of the molecule is O=C(COc1cccc[n+]1[O-])NCCC(c1ccccc1)c1ccccc1. The Labute approximate surface area is 158 Å². The quantitative estimate of drug-likeness (QED) is 0.495. The van der Waals surface area contributed by atoms with Gasteiger partial charge in [0.2, 0.25) is 0 Å². The van der Waals surface area contributed by atoms with Crippen LogP contribution in [0, 0.1) is 5.21 Å². The maximum atomic E-state index is 12.0. The summed E-state index contributed by atoms with van der Waals surface area (Å²) < 4.78 is 5.86. The van der Waals surface area contributed by atoms with Crippen molar-refractivity contribution in [2.75, 3.05) is 13.2 Å². The normalized spacial score (nSPS) is 10.6. The molecule has 0 saturated heterocycles. The predicted molar refractivity (Wildman–Crippen MR) is 103 cm³/mol. The first-order valence-corrected chi connectivity index (χ1v) is 8.91. The first-order valence-electron chi connectivity index (χ1n) is 8.91. The number of carbonyl (C=O) groups excluding carboxylic acids is 1. The second kappa shape index (κ2) is 9.38. The Balaban J connectivity index is 1.55. The zero-order chi connectivity index (χ0) is 18.9. The highest BCUT2D eigenvalue weighted by atomic mass is 16.6. The number of hydrogen-bond donors (Lipinski definition) is 1. The number of aromatic nitrogens is 1. The maximum Gasteiger partial charge on any atom is 0.379 e. The van der Waals surface area contributed by atoms with Gasteiger partial charge in [-0.25, -0.2) is 0 Å². The number of benzene rings is 2. The van der Waals surface area contributed by atoms with Crippen molar-refractivity contribution in [2.45, 2.75) is 12.3 Å². The summed E-state index contributed by atoms with van der Waals surface area (Å²) in [4.78, 5) is 12.0. The van der Waals surface area contributed by atoms with Crippen molar-refractivity contribution < 1.29 is 14.3 Å². The third-order valence-electron chi connectivity index (χ3n) is 4.30. The van der Waals surface area contributed by atoms with Crippen molar-refractivity contribution in [1.29, 1.82) is 0 Å². The molecule has 27 heavy (non-hydrogen) atoms. The van der Waals surface area contributed by atoms with Crippen LogP contribution in [0.4, 0.5) is 0 Å². The van der Waals surface area contributed by atoms with Gasteiger partial charge < -0.3 is 15.3 Å². The fourth-order valence-electron chi connectivity index (χ4n) is 2.97. The molecule has 3 rings (SSSR count). The van der Waals surface area contributed by atoms with Gasteiger partial charge in [0.05, 0.1) is 6.07 Å². The van der Waals surface area contributed by atoms with Crippen molar-refractivity contribution in [1.82, 2.24) is 5.32 Å². The van der Waals surface area contributed by atoms with E-state index in [0.29, 0.717) is 11.3 Å². The molecular weight excluding hydrogens is 340 g/mol. The summed E-state index contributed by atoms with van der Waals surface area (Å²) in [7, 11) is 0. The van der Waals surface area contributed by atoms with Gasteiger partial charge in [0.25, 0.3) is 5.91 Å². The molecule has 0 fully saturated rings. The first-order chi connectivity index (χ1) is 13.2. The molecule has 5 nitrogen and oxygen atoms in total. The number of carbonyl (C=O) groups is 1. The topological polar surface area (TPSA) is 65.3 Å². The van der Waals surface area contributed by atoms with Gasteiger partial charge in [0.1, 0.15) is 0 Å². The van der Waals surface area contributed by atoms with Crippen LogP contribution in [0.1, 0.15) is 23.5 Å². The number of hydrogen-bond acceptors (Lipinski definition) is 3. The van der Waals surface area contributed by atoms with E-state index < -0.39 is 0 Å². The molecule has 5 heteroatoms. The zero-order valence-corrected chi connectivity index (χ0v) is 15.0. The maximum absolute atomic E-state index is 12.0. The monoisotopic (exact) mass is 362 g/mol. The number of ether oxygens (including phenoxy) is 1. The van der Waals surface area contributed by atoms with Crippen molar-refractivity contribution in [3.63, 3.8) is 0 Å². The van der Waals surface area contributed by atoms with E-state index in [1.165, 1.54) is 23.4 Å². The summed E-state index contributed by atoms with van der Waals surface area (Å²) in [5, 5.41) is 14.4. The third-order valence-corrected chi connectivity index (χ3v) is 4.30. The van der Waals surface area contributed by atoms with Crippen LogP contribution in [-0.4, -0.2) is 19.1 Å². The van der Waals surface area contributed by atoms with Crippen LogP contribution in [0.15, 0.2) is 85.1 Å². The number of nitrogens with one attached hydrogen (secondary N) is 1. The summed E-state index contributed by atoms with van der Waals surface area (Å²) in [6.07, 6.45) is 2.10. The highest BCUT2D eigenvalue weighted by molar-refractivity contribution is 5.77. The Kier molecular flexibility index (Phi) is 6.41. The number of rotatable bonds is 8. The highest BCUT2D eigenvalue weighted by Crippen LogP contribution is 2.27. The molecule has 1 aromatic heterocycles. The fraction of sp³-hybridized carbons (Fsp3) is 0.182. The fourth-order valence-corrected chi connectivity index (χ4v) is 2.97. The van der Waals surface area contributed by atoms with E-state index in [4.69, 9.17) is 4.74 Å². The van der Waals surface area contributed by atoms with Crippen molar-refractivity contribution >= 4 is 5.91 Å². The molecule has 0 aliphatic carbocycles. The molecule has 0 bridgehead atoms. The van der Waals surface area contributed by atoms with Crippen LogP contribution in [0.25, 0.3) is 0 Å². The zero-order valence-electron chi connectivity index (χ0n) is 15.0. The van der Waals surface area contributed by atoms with E-state index in [2.05, 4.69) is 29.6 Å². The molecule has 3 aromatic rings. The van der Waals surface area contributed by atoms with Gasteiger partial charge in [0, 0.05) is 18.5 Å². The lowest BCUT2D eigenvalue weighted by Crippen LogP contribution is -2.34. The Bertz CT molecular complexity index is 814. The van der Waals surface area contributed by atoms with Crippen LogP contribution < -0.4 is 14.8 Å². The van der Waals surface area contributed by atoms with Gasteiger partial charge in [-0.15, -0.1) is 4.73 Å². The number of pyridine rings is 1. The molecule has 138 valence electrons. The molecule has 1 N–H and O–H groups in total. The molecular formula is C22H22N2O3. The molecule has 0 unspecified atom stereocenters. The van der Waals surface area contributed by atoms with E-state index in [9.17, 15) is 10.0 Å². The van der Waals surface area contributed by atoms with Crippen molar-refractivity contribution in [2.24, 2.45) is 0 Å². The van der Waals surface area contributed by atoms with E-state index >= 15 is 0 Å². The average Bonchev–Trinajstić information content (AvgIpc) is 2.72. The van der Waals surface area contributed by atoms with E-state index in [1.54, 1.807) is 12.1 Å². The van der Waals surface area contributed by atoms with E-state index in [-0.39, 0.29) is 24.3 Å². The minimum Gasteiger partial charge on any atom is -0.616 e. The van der Waals surface area contributed by atoms with Crippen molar-refractivity contribution in [3.05, 3.63) is 101 Å². The van der Waals surface area contributed by atoms with Crippen LogP contribution in [0.3, 0.4) is 0 Å². The van der Waals surface area contributed by atoms with E-state index in [0.717, 1.165) is 6.42 Å². The third kappa shape index (κ3) is 5.31. The lowest BCUT2D eigenvalue weighted by Gasteiger charge is -2.18. The standard InChI is InChI=1S/C22H22N2O3/c25-21(17-27-22-13-7-8-16-24(22)26)23-15-14-20(18-9-3-1-4-10-18)19-11-5-2-6-12-19/h1-13,16,20H,14-15,17H2,(H,23,25). The lowest BCUT2D eigenvalue weighted by molar-refractivity contribution is -0.612. The summed E-state index contributed by atoms with van der Waals surface area (Å²) in [6, 6.07) is 25.3. The minimum absolute atomic E-state index is 0.110. The molecule has 0 aliphatic rings. The number of amides is 1. The van der Waals surface area contributed by atoms with Crippen LogP contribution in [0.5, 0.6) is 5.88 Å². The molecule has 0 saturated carbocycles. The summed E-state index contributed by atoms with van der Waals surface area (Å²) in [5.41, 5.74) is 2.43. The molecule has 0 radical (unpaired) electrons. The molecule has 1 heterocycles. The van der Waals surface area contributed by atoms with Gasteiger partial charge in [-0.05, 0) is 23.6 Å². The minimum atomic E-state index is -0.251. The van der Waals surface area contributed by atoms with Gasteiger partial charge in [-0.1, -0.05) is 60.7 Å². The summed E-state index contributed by atoms with van der Waals surface area (Å²) >= 11 is 0. The van der Waals surface area contributed by atoms with Gasteiger partial charge >= 0.3 is 5.88 Å². The molecule has 2 aromatic carbocycles. The summed E-state index contributed by atoms with van der Waals surface area (Å²) in [6.45, 7) is 0.330. The largest absolute Gasteiger partial charge is 0.616 e. The Morgan fingerprint density at radius 1 is 0.926 bits per heavy atom. The molecule has 1 amide bonds. The Morgan fingerprint density at radius 2 is 1.52 bits per heavy atom. The molecule has 0 atom stereocenters. The van der Waals surface area contributed by atoms with Crippen molar-refractivity contribution in [3.8, 4) is 5.88 Å². The van der Waals surface area contributed by atoms with Crippen LogP contribution in [0.2, 0.25) is 0 Å². The van der Waals surface area contributed by atoms with Gasteiger partial charge in [-0.2, -0.15) is 0 Å². The molecule has 0 aliphatic heterocycles. The van der Waals surface area contributed by atoms with E-state index in [1.807, 2.05) is 36.4 Å². The predicted octanol–water partition coefficient (Wildman–Crippen LogP) is 3.04. The van der Waals surface area contributed by atoms with Crippen LogP contribution >= 0.6 is 0 Å². The Morgan fingerprint density at radius 3 is 2.11 bits per heavy atom. The van der Waals surface area contributed by atoms with Crippen LogP contribution in [-0.2, 0) is 4.79 Å². The highest BCUT2D eigenvalue weighted by Gasteiger charge is 2.14. The lowest BCUT2D eigenvalue weighted by atomic mass is 9.88. The average molecular weight is 362 g/mol. The van der Waals surface area contributed by atoms with Gasteiger partial charge in [0.15, 0.2) is 12.8 Å². The van der Waals surface area contributed by atoms with Gasteiger partial charge in [-0.3, -0.25) is 4.79 Å². The molecule has 0 spiro atoms. The summed E-state index contributed by atoms with van der Waals surface area (Å²) in [5.74, 6) is 0.0596. The second-order valence-electron chi connectivity index (χ2n) is 6.17. The Hall–Kier alpha value is -3.34. The second-order valence-corrected chi connectivity index (χ2v) is 6.17. The smallest absolute Gasteiger partial charge is 0.379 e.